The Morgan fingerprint density at radius 2 is 2.16 bits per heavy atom. The molecule has 0 amide bonds. The Balaban J connectivity index is 2.01. The minimum absolute atomic E-state index is 0.201. The van der Waals surface area contributed by atoms with Crippen LogP contribution in [0.5, 0.6) is 0 Å². The van der Waals surface area contributed by atoms with Crippen LogP contribution < -0.4 is 5.32 Å². The Labute approximate surface area is 113 Å². The molecule has 0 fully saturated rings. The fourth-order valence-corrected chi connectivity index (χ4v) is 1.88. The molecule has 98 valence electrons. The van der Waals surface area contributed by atoms with E-state index >= 15 is 0 Å². The van der Waals surface area contributed by atoms with E-state index in [1.165, 1.54) is 0 Å². The predicted molar refractivity (Wildman–Crippen MR) is 77.2 cm³/mol. The number of hydrogen-bond acceptors (Lipinski definition) is 3. The topological polar surface area (TPSA) is 42.0 Å². The van der Waals surface area contributed by atoms with Gasteiger partial charge in [0.2, 0.25) is 0 Å². The number of anilines is 1. The maximum absolute atomic E-state index is 11.8. The standard InChI is InChI=1S/C16H18N2O/c1-2-5-16(19)14-7-3-8-15(10-14)18-12-13-6-4-9-17-11-13/h3-4,6-11,18H,2,5,12H2,1H3. The van der Waals surface area contributed by atoms with Gasteiger partial charge < -0.3 is 5.32 Å². The summed E-state index contributed by atoms with van der Waals surface area (Å²) in [6, 6.07) is 11.6. The van der Waals surface area contributed by atoms with Crippen LogP contribution in [0.25, 0.3) is 0 Å². The summed E-state index contributed by atoms with van der Waals surface area (Å²) in [6.07, 6.45) is 5.07. The van der Waals surface area contributed by atoms with Crippen LogP contribution in [0.2, 0.25) is 0 Å². The Morgan fingerprint density at radius 1 is 1.26 bits per heavy atom. The zero-order valence-corrected chi connectivity index (χ0v) is 11.1. The van der Waals surface area contributed by atoms with Crippen molar-refractivity contribution in [2.45, 2.75) is 26.3 Å². The summed E-state index contributed by atoms with van der Waals surface area (Å²) >= 11 is 0. The molecule has 0 spiro atoms. The summed E-state index contributed by atoms with van der Waals surface area (Å²) in [5.41, 5.74) is 2.86. The first-order valence-electron chi connectivity index (χ1n) is 6.55. The molecule has 0 aliphatic heterocycles. The summed E-state index contributed by atoms with van der Waals surface area (Å²) < 4.78 is 0. The van der Waals surface area contributed by atoms with E-state index < -0.39 is 0 Å². The maximum Gasteiger partial charge on any atom is 0.162 e. The Morgan fingerprint density at radius 3 is 2.89 bits per heavy atom. The normalized spacial score (nSPS) is 10.2. The summed E-state index contributed by atoms with van der Waals surface area (Å²) in [5, 5.41) is 3.31. The zero-order chi connectivity index (χ0) is 13.5. The average molecular weight is 254 g/mol. The van der Waals surface area contributed by atoms with Crippen LogP contribution in [-0.2, 0) is 6.54 Å². The number of carbonyl (C=O) groups excluding carboxylic acids is 1. The van der Waals surface area contributed by atoms with Crippen LogP contribution in [0.4, 0.5) is 5.69 Å². The first kappa shape index (κ1) is 13.3. The van der Waals surface area contributed by atoms with Gasteiger partial charge in [0.1, 0.15) is 0 Å². The number of carbonyl (C=O) groups is 1. The lowest BCUT2D eigenvalue weighted by atomic mass is 10.1. The lowest BCUT2D eigenvalue weighted by Gasteiger charge is -2.07. The van der Waals surface area contributed by atoms with Gasteiger partial charge in [0, 0.05) is 36.6 Å². The third-order valence-electron chi connectivity index (χ3n) is 2.88. The van der Waals surface area contributed by atoms with Crippen molar-refractivity contribution in [2.75, 3.05) is 5.32 Å². The summed E-state index contributed by atoms with van der Waals surface area (Å²) in [5.74, 6) is 0.201. The Hall–Kier alpha value is -2.16. The number of hydrogen-bond donors (Lipinski definition) is 1. The van der Waals surface area contributed by atoms with Crippen LogP contribution in [0, 0.1) is 0 Å². The molecular formula is C16H18N2O. The molecule has 0 atom stereocenters. The minimum atomic E-state index is 0.201. The van der Waals surface area contributed by atoms with E-state index in [0.717, 1.165) is 23.2 Å². The van der Waals surface area contributed by atoms with Gasteiger partial charge in [-0.2, -0.15) is 0 Å². The van der Waals surface area contributed by atoms with Crippen molar-refractivity contribution in [3.63, 3.8) is 0 Å². The molecule has 1 N–H and O–H groups in total. The molecule has 0 saturated heterocycles. The largest absolute Gasteiger partial charge is 0.381 e. The van der Waals surface area contributed by atoms with Gasteiger partial charge in [-0.05, 0) is 30.2 Å². The van der Waals surface area contributed by atoms with Crippen molar-refractivity contribution in [1.82, 2.24) is 4.98 Å². The number of ketones is 1. The Bertz CT molecular complexity index is 537. The molecular weight excluding hydrogens is 236 g/mol. The van der Waals surface area contributed by atoms with Crippen molar-refractivity contribution in [3.05, 3.63) is 59.9 Å². The molecule has 2 aromatic rings. The number of Topliss-reactive ketones (excluding diaryl/α,β-unsaturated/α-hetero) is 1. The second-order valence-electron chi connectivity index (χ2n) is 4.47. The molecule has 1 aromatic heterocycles. The van der Waals surface area contributed by atoms with E-state index in [9.17, 15) is 4.79 Å². The molecule has 0 bridgehead atoms. The third-order valence-corrected chi connectivity index (χ3v) is 2.88. The van der Waals surface area contributed by atoms with Crippen LogP contribution >= 0.6 is 0 Å². The average Bonchev–Trinajstić information content (AvgIpc) is 2.47. The van der Waals surface area contributed by atoms with Crippen molar-refractivity contribution in [2.24, 2.45) is 0 Å². The number of nitrogens with one attached hydrogen (secondary N) is 1. The quantitative estimate of drug-likeness (QED) is 0.800. The minimum Gasteiger partial charge on any atom is -0.381 e. The van der Waals surface area contributed by atoms with Gasteiger partial charge in [0.25, 0.3) is 0 Å². The second kappa shape index (κ2) is 6.69. The van der Waals surface area contributed by atoms with Crippen molar-refractivity contribution in [1.29, 1.82) is 0 Å². The van der Waals surface area contributed by atoms with E-state index in [2.05, 4.69) is 10.3 Å². The fraction of sp³-hybridized carbons (Fsp3) is 0.250. The number of rotatable bonds is 6. The Kier molecular flexibility index (Phi) is 4.67. The molecule has 0 saturated carbocycles. The highest BCUT2D eigenvalue weighted by molar-refractivity contribution is 5.96. The van der Waals surface area contributed by atoms with Crippen LogP contribution in [0.1, 0.15) is 35.7 Å². The molecule has 0 aliphatic carbocycles. The highest BCUT2D eigenvalue weighted by atomic mass is 16.1. The van der Waals surface area contributed by atoms with Gasteiger partial charge in [-0.15, -0.1) is 0 Å². The molecule has 2 rings (SSSR count). The van der Waals surface area contributed by atoms with E-state index in [-0.39, 0.29) is 5.78 Å². The number of nitrogens with zero attached hydrogens (tertiary/aromatic N) is 1. The highest BCUT2D eigenvalue weighted by Gasteiger charge is 2.04. The first-order valence-corrected chi connectivity index (χ1v) is 6.55. The molecule has 0 radical (unpaired) electrons. The molecule has 19 heavy (non-hydrogen) atoms. The maximum atomic E-state index is 11.8. The van der Waals surface area contributed by atoms with Gasteiger partial charge in [0.05, 0.1) is 0 Å². The van der Waals surface area contributed by atoms with Gasteiger partial charge >= 0.3 is 0 Å². The third kappa shape index (κ3) is 3.91. The van der Waals surface area contributed by atoms with E-state index in [4.69, 9.17) is 0 Å². The zero-order valence-electron chi connectivity index (χ0n) is 11.1. The van der Waals surface area contributed by atoms with Crippen molar-refractivity contribution in [3.8, 4) is 0 Å². The van der Waals surface area contributed by atoms with Crippen LogP contribution in [0.15, 0.2) is 48.8 Å². The first-order chi connectivity index (χ1) is 9.29. The molecule has 3 nitrogen and oxygen atoms in total. The van der Waals surface area contributed by atoms with Gasteiger partial charge in [-0.3, -0.25) is 9.78 Å². The van der Waals surface area contributed by atoms with E-state index in [1.807, 2.05) is 49.5 Å². The van der Waals surface area contributed by atoms with Gasteiger partial charge in [-0.1, -0.05) is 25.1 Å². The monoisotopic (exact) mass is 254 g/mol. The van der Waals surface area contributed by atoms with Gasteiger partial charge in [-0.25, -0.2) is 0 Å². The van der Waals surface area contributed by atoms with Gasteiger partial charge in [0.15, 0.2) is 5.78 Å². The number of aromatic nitrogens is 1. The van der Waals surface area contributed by atoms with E-state index in [0.29, 0.717) is 13.0 Å². The smallest absolute Gasteiger partial charge is 0.162 e. The predicted octanol–water partition coefficient (Wildman–Crippen LogP) is 3.68. The van der Waals surface area contributed by atoms with Crippen LogP contribution in [0.3, 0.4) is 0 Å². The molecule has 0 aliphatic rings. The van der Waals surface area contributed by atoms with Crippen LogP contribution in [-0.4, -0.2) is 10.8 Å². The lowest BCUT2D eigenvalue weighted by Crippen LogP contribution is -2.02. The summed E-state index contributed by atoms with van der Waals surface area (Å²) in [7, 11) is 0. The number of pyridine rings is 1. The SMILES string of the molecule is CCCC(=O)c1cccc(NCc2cccnc2)c1. The summed E-state index contributed by atoms with van der Waals surface area (Å²) in [4.78, 5) is 15.9. The second-order valence-corrected chi connectivity index (χ2v) is 4.47. The fourth-order valence-electron chi connectivity index (χ4n) is 1.88. The molecule has 0 unspecified atom stereocenters. The molecule has 3 heteroatoms. The van der Waals surface area contributed by atoms with E-state index in [1.54, 1.807) is 6.20 Å². The molecule has 1 heterocycles. The lowest BCUT2D eigenvalue weighted by molar-refractivity contribution is 0.0982. The van der Waals surface area contributed by atoms with Crippen molar-refractivity contribution >= 4 is 11.5 Å². The van der Waals surface area contributed by atoms with Crippen molar-refractivity contribution < 1.29 is 4.79 Å². The summed E-state index contributed by atoms with van der Waals surface area (Å²) in [6.45, 7) is 2.72. The molecule has 1 aromatic carbocycles. The highest BCUT2D eigenvalue weighted by Crippen LogP contribution is 2.14. The number of benzene rings is 1.